The van der Waals surface area contributed by atoms with Crippen LogP contribution in [0.5, 0.6) is 0 Å². The van der Waals surface area contributed by atoms with Gasteiger partial charge >= 0.3 is 30.2 Å². The maximum atomic E-state index is 14.1. The van der Waals surface area contributed by atoms with Crippen molar-refractivity contribution >= 4 is 28.9 Å². The van der Waals surface area contributed by atoms with Crippen LogP contribution in [0.4, 0.5) is 59.7 Å². The zero-order valence-corrected chi connectivity index (χ0v) is 14.2. The van der Waals surface area contributed by atoms with E-state index in [4.69, 9.17) is 16.8 Å². The number of quaternary nitrogens is 1. The molecule has 1 aromatic rings. The van der Waals surface area contributed by atoms with Crippen LogP contribution in [-0.4, -0.2) is 41.4 Å². The lowest BCUT2D eigenvalue weighted by atomic mass is 10.2. The van der Waals surface area contributed by atoms with Gasteiger partial charge in [0.1, 0.15) is 5.69 Å². The third kappa shape index (κ3) is 4.85. The Labute approximate surface area is 162 Å². The first-order valence-corrected chi connectivity index (χ1v) is 7.17. The summed E-state index contributed by atoms with van der Waals surface area (Å²) in [6.07, 6.45) is -21.3. The first-order chi connectivity index (χ1) is 13.2. The smallest absolute Gasteiger partial charge is 0.462 e. The van der Waals surface area contributed by atoms with Gasteiger partial charge in [-0.15, -0.1) is 0 Å². The number of carbonyl (C=O) groups excluding carboxylic acids is 1. The van der Waals surface area contributed by atoms with E-state index < -0.39 is 52.7 Å². The van der Waals surface area contributed by atoms with Crippen molar-refractivity contribution in [3.63, 3.8) is 0 Å². The molecule has 0 saturated carbocycles. The highest BCUT2D eigenvalue weighted by Crippen LogP contribution is 2.51. The van der Waals surface area contributed by atoms with E-state index in [9.17, 15) is 58.3 Å². The first kappa shape index (κ1) is 26.1. The molecule has 2 atom stereocenters. The van der Waals surface area contributed by atoms with E-state index in [1.807, 2.05) is 0 Å². The summed E-state index contributed by atoms with van der Waals surface area (Å²) < 4.78 is 143. The van der Waals surface area contributed by atoms with Crippen molar-refractivity contribution in [1.29, 1.82) is 0 Å². The molecule has 3 N–H and O–H groups in total. The van der Waals surface area contributed by atoms with Crippen molar-refractivity contribution in [2.45, 2.75) is 30.2 Å². The normalized spacial score (nSPS) is 16.7. The Morgan fingerprint density at radius 3 is 1.90 bits per heavy atom. The van der Waals surface area contributed by atoms with E-state index in [0.717, 1.165) is 11.4 Å². The van der Waals surface area contributed by atoms with Gasteiger partial charge in [-0.25, -0.2) is 5.21 Å². The van der Waals surface area contributed by atoms with Gasteiger partial charge in [0.25, 0.3) is 5.91 Å². The molecule has 0 aliphatic heterocycles. The molecule has 1 rings (SSSR count). The van der Waals surface area contributed by atoms with Crippen molar-refractivity contribution in [3.8, 4) is 0 Å². The fourth-order valence-electron chi connectivity index (χ4n) is 1.64. The lowest BCUT2D eigenvalue weighted by molar-refractivity contribution is -0.990. The van der Waals surface area contributed by atoms with Crippen molar-refractivity contribution < 1.29 is 68.3 Å². The fraction of sp³-hybridized carbons (Fsp3) is 0.417. The first-order valence-electron chi connectivity index (χ1n) is 6.80. The minimum absolute atomic E-state index is 0.375. The molecule has 0 bridgehead atoms. The van der Waals surface area contributed by atoms with E-state index in [1.165, 1.54) is 0 Å². The predicted molar refractivity (Wildman–Crippen MR) is 72.8 cm³/mol. The second kappa shape index (κ2) is 7.95. The van der Waals surface area contributed by atoms with Gasteiger partial charge in [-0.05, 0) is 12.1 Å². The molecule has 1 amide bonds. The summed E-state index contributed by atoms with van der Waals surface area (Å²) in [6.45, 7) is 0. The van der Waals surface area contributed by atoms with E-state index in [1.54, 1.807) is 0 Å². The Hall–Kier alpha value is -1.95. The number of amides is 1. The monoisotopic (exact) mass is 486 g/mol. The SMILES string of the molecule is O=C(Nc1ccc(Cl)cc1[NH+]([O-])O)C(F)(OC(F)(F)C(F)(F)C(F)(F)F)C(F)(F)F. The van der Waals surface area contributed by atoms with Gasteiger partial charge in [0.2, 0.25) is 0 Å². The van der Waals surface area contributed by atoms with Gasteiger partial charge in [-0.2, -0.15) is 53.5 Å². The number of ether oxygens (including phenoxy) is 1. The van der Waals surface area contributed by atoms with Crippen molar-refractivity contribution in [3.05, 3.63) is 28.4 Å². The molecule has 0 radical (unpaired) electrons. The van der Waals surface area contributed by atoms with Crippen LogP contribution in [0.25, 0.3) is 0 Å². The largest absolute Gasteiger partial charge is 0.595 e. The Morgan fingerprint density at radius 1 is 1.00 bits per heavy atom. The van der Waals surface area contributed by atoms with E-state index >= 15 is 0 Å². The number of halogens is 12. The standard InChI is InChI=1S/C12H6ClF11N2O4/c13-4-1-2-5(6(3-4)26(28)29)25-7(27)8(14,10(17,18)19)30-12(23,24)9(15,16)11(20,21)22/h1-3,26,28H,(H,25,27). The third-order valence-electron chi connectivity index (χ3n) is 3.11. The molecule has 0 saturated heterocycles. The third-order valence-corrected chi connectivity index (χ3v) is 3.34. The van der Waals surface area contributed by atoms with Crippen molar-refractivity contribution in [2.24, 2.45) is 0 Å². The van der Waals surface area contributed by atoms with Crippen LogP contribution in [0, 0.1) is 5.21 Å². The quantitative estimate of drug-likeness (QED) is 0.423. The summed E-state index contributed by atoms with van der Waals surface area (Å²) in [5.41, 5.74) is -2.33. The molecule has 2 unspecified atom stereocenters. The van der Waals surface area contributed by atoms with Gasteiger partial charge in [0.05, 0.1) is 0 Å². The molecular weight excluding hydrogens is 481 g/mol. The molecule has 172 valence electrons. The van der Waals surface area contributed by atoms with Crippen LogP contribution in [0.2, 0.25) is 5.02 Å². The summed E-state index contributed by atoms with van der Waals surface area (Å²) in [5.74, 6) is -17.2. The van der Waals surface area contributed by atoms with Crippen LogP contribution in [0.15, 0.2) is 18.2 Å². The molecule has 0 fully saturated rings. The summed E-state index contributed by atoms with van der Waals surface area (Å²) in [6, 6.07) is 1.67. The summed E-state index contributed by atoms with van der Waals surface area (Å²) in [5, 5.41) is 18.3. The number of rotatable bonds is 6. The Morgan fingerprint density at radius 2 is 1.50 bits per heavy atom. The molecule has 0 spiro atoms. The fourth-order valence-corrected chi connectivity index (χ4v) is 1.82. The van der Waals surface area contributed by atoms with Gasteiger partial charge in [0, 0.05) is 11.1 Å². The van der Waals surface area contributed by atoms with E-state index in [0.29, 0.717) is 12.1 Å². The molecule has 6 nitrogen and oxygen atoms in total. The number of hydrogen-bond donors (Lipinski definition) is 3. The highest BCUT2D eigenvalue weighted by Gasteiger charge is 2.79. The highest BCUT2D eigenvalue weighted by molar-refractivity contribution is 6.31. The topological polar surface area (TPSA) is 86.1 Å². The number of nitrogens with one attached hydrogen (secondary N) is 2. The number of alkyl halides is 11. The molecule has 0 aromatic heterocycles. The minimum atomic E-state index is -7.35. The molecule has 1 aromatic carbocycles. The zero-order chi connectivity index (χ0) is 23.9. The molecule has 30 heavy (non-hydrogen) atoms. The lowest BCUT2D eigenvalue weighted by Gasteiger charge is -2.34. The molecule has 0 aliphatic rings. The Bertz CT molecular complexity index is 799. The summed E-state index contributed by atoms with van der Waals surface area (Å²) in [4.78, 5) is 11.6. The average Bonchev–Trinajstić information content (AvgIpc) is 2.53. The minimum Gasteiger partial charge on any atom is -0.595 e. The lowest BCUT2D eigenvalue weighted by Crippen LogP contribution is -2.99. The highest BCUT2D eigenvalue weighted by atomic mass is 35.5. The van der Waals surface area contributed by atoms with Gasteiger partial charge in [-0.1, -0.05) is 11.6 Å². The Kier molecular flexibility index (Phi) is 6.91. The Balaban J connectivity index is 3.42. The average molecular weight is 487 g/mol. The van der Waals surface area contributed by atoms with Gasteiger partial charge in [0.15, 0.2) is 5.69 Å². The van der Waals surface area contributed by atoms with E-state index in [-0.39, 0.29) is 5.02 Å². The molecule has 0 heterocycles. The van der Waals surface area contributed by atoms with Crippen LogP contribution in [-0.2, 0) is 9.53 Å². The maximum absolute atomic E-state index is 14.1. The number of hydrogen-bond acceptors (Lipinski definition) is 4. The van der Waals surface area contributed by atoms with E-state index in [2.05, 4.69) is 4.74 Å². The van der Waals surface area contributed by atoms with Gasteiger partial charge < -0.3 is 10.5 Å². The molecular formula is C12H6ClF11N2O4. The molecule has 0 aliphatic carbocycles. The number of benzene rings is 1. The summed E-state index contributed by atoms with van der Waals surface area (Å²) >= 11 is 5.40. The zero-order valence-electron chi connectivity index (χ0n) is 13.4. The number of carbonyl (C=O) groups is 1. The molecule has 18 heteroatoms. The predicted octanol–water partition coefficient (Wildman–Crippen LogP) is 3.72. The van der Waals surface area contributed by atoms with Crippen molar-refractivity contribution in [2.75, 3.05) is 5.32 Å². The second-order valence-corrected chi connectivity index (χ2v) is 5.67. The van der Waals surface area contributed by atoms with Crippen LogP contribution in [0.3, 0.4) is 0 Å². The second-order valence-electron chi connectivity index (χ2n) is 5.23. The number of anilines is 1. The van der Waals surface area contributed by atoms with Crippen molar-refractivity contribution in [1.82, 2.24) is 0 Å². The van der Waals surface area contributed by atoms with Crippen LogP contribution in [0.1, 0.15) is 0 Å². The summed E-state index contributed by atoms with van der Waals surface area (Å²) in [7, 11) is 0. The maximum Gasteiger partial charge on any atom is 0.462 e. The van der Waals surface area contributed by atoms with Crippen LogP contribution >= 0.6 is 11.6 Å². The van der Waals surface area contributed by atoms with Gasteiger partial charge in [-0.3, -0.25) is 9.53 Å². The van der Waals surface area contributed by atoms with Crippen LogP contribution < -0.4 is 10.5 Å².